The van der Waals surface area contributed by atoms with Gasteiger partial charge in [-0.3, -0.25) is 9.51 Å². The van der Waals surface area contributed by atoms with Crippen LogP contribution in [0, 0.1) is 0 Å². The number of nitrogens with one attached hydrogen (secondary N) is 1. The monoisotopic (exact) mass is 234 g/mol. The number of rotatable bonds is 4. The fourth-order valence-electron chi connectivity index (χ4n) is 1.67. The van der Waals surface area contributed by atoms with E-state index in [2.05, 4.69) is 14.7 Å². The number of ether oxygens (including phenoxy) is 1. The number of aromatic amines is 1. The second-order valence-electron chi connectivity index (χ2n) is 3.93. The summed E-state index contributed by atoms with van der Waals surface area (Å²) in [5.74, 6) is 0.999. The third kappa shape index (κ3) is 2.75. The molecule has 90 valence electrons. The van der Waals surface area contributed by atoms with Gasteiger partial charge in [0.25, 0.3) is 0 Å². The summed E-state index contributed by atoms with van der Waals surface area (Å²) in [5, 5.41) is 3.68. The molecule has 0 aliphatic heterocycles. The normalized spacial score (nSPS) is 12.4. The molecule has 1 aromatic carbocycles. The lowest BCUT2D eigenvalue weighted by Crippen LogP contribution is -2.03. The molecule has 0 saturated heterocycles. The summed E-state index contributed by atoms with van der Waals surface area (Å²) in [6.07, 6.45) is 0.784. The Hall–Kier alpha value is -2.04. The van der Waals surface area contributed by atoms with Crippen molar-refractivity contribution in [2.45, 2.75) is 19.3 Å². The first-order chi connectivity index (χ1) is 8.19. The van der Waals surface area contributed by atoms with Crippen molar-refractivity contribution in [3.63, 3.8) is 0 Å². The molecule has 2 rings (SSSR count). The van der Waals surface area contributed by atoms with Crippen LogP contribution >= 0.6 is 0 Å². The van der Waals surface area contributed by atoms with Crippen molar-refractivity contribution in [2.24, 2.45) is 0 Å². The Bertz CT molecular complexity index is 527. The van der Waals surface area contributed by atoms with E-state index in [1.807, 2.05) is 31.2 Å². The molecule has 1 heterocycles. The van der Waals surface area contributed by atoms with E-state index in [0.29, 0.717) is 5.82 Å². The highest BCUT2D eigenvalue weighted by Crippen LogP contribution is 2.18. The molecule has 1 N–H and O–H groups in total. The molecule has 0 spiro atoms. The Morgan fingerprint density at radius 2 is 2.12 bits per heavy atom. The summed E-state index contributed by atoms with van der Waals surface area (Å²) in [5.41, 5.74) is 1.15. The maximum absolute atomic E-state index is 10.8. The zero-order chi connectivity index (χ0) is 12.3. The zero-order valence-electron chi connectivity index (χ0n) is 9.77. The highest BCUT2D eigenvalue weighted by molar-refractivity contribution is 5.27. The van der Waals surface area contributed by atoms with Crippen molar-refractivity contribution < 1.29 is 9.26 Å². The topological polar surface area (TPSA) is 68.1 Å². The predicted octanol–water partition coefficient (Wildman–Crippen LogP) is 1.72. The Morgan fingerprint density at radius 1 is 1.41 bits per heavy atom. The van der Waals surface area contributed by atoms with Crippen LogP contribution in [-0.2, 0) is 6.42 Å². The molecule has 0 aliphatic carbocycles. The molecule has 1 unspecified atom stereocenters. The van der Waals surface area contributed by atoms with Crippen LogP contribution in [0.3, 0.4) is 0 Å². The maximum Gasteiger partial charge on any atom is 0.438 e. The van der Waals surface area contributed by atoms with E-state index in [1.165, 1.54) is 0 Å². The van der Waals surface area contributed by atoms with E-state index in [-0.39, 0.29) is 5.92 Å². The first kappa shape index (κ1) is 11.4. The number of benzene rings is 1. The summed E-state index contributed by atoms with van der Waals surface area (Å²) in [4.78, 5) is 13.4. The minimum absolute atomic E-state index is 0.106. The van der Waals surface area contributed by atoms with E-state index >= 15 is 0 Å². The number of H-pyrrole nitrogens is 1. The molecule has 0 radical (unpaired) electrons. The van der Waals surface area contributed by atoms with Gasteiger partial charge in [0.15, 0.2) is 5.82 Å². The first-order valence-electron chi connectivity index (χ1n) is 5.38. The van der Waals surface area contributed by atoms with Gasteiger partial charge in [-0.25, -0.2) is 4.79 Å². The summed E-state index contributed by atoms with van der Waals surface area (Å²) in [6, 6.07) is 7.81. The molecule has 0 saturated carbocycles. The minimum Gasteiger partial charge on any atom is -0.497 e. The SMILES string of the molecule is COc1ccc(CC(C)c2noc(=O)[nH]2)cc1. The van der Waals surface area contributed by atoms with Crippen molar-refractivity contribution in [3.05, 3.63) is 46.2 Å². The van der Waals surface area contributed by atoms with Gasteiger partial charge in [0.2, 0.25) is 0 Å². The maximum atomic E-state index is 10.8. The summed E-state index contributed by atoms with van der Waals surface area (Å²) in [7, 11) is 1.64. The van der Waals surface area contributed by atoms with E-state index in [4.69, 9.17) is 4.74 Å². The van der Waals surface area contributed by atoms with Gasteiger partial charge in [0.05, 0.1) is 7.11 Å². The Balaban J connectivity index is 2.07. The molecule has 1 aromatic heterocycles. The number of nitrogens with zero attached hydrogens (tertiary/aromatic N) is 1. The fourth-order valence-corrected chi connectivity index (χ4v) is 1.67. The number of aromatic nitrogens is 2. The average molecular weight is 234 g/mol. The van der Waals surface area contributed by atoms with Gasteiger partial charge < -0.3 is 4.74 Å². The van der Waals surface area contributed by atoms with E-state index in [9.17, 15) is 4.79 Å². The van der Waals surface area contributed by atoms with Crippen LogP contribution in [0.1, 0.15) is 24.2 Å². The van der Waals surface area contributed by atoms with Gasteiger partial charge in [-0.05, 0) is 24.1 Å². The Labute approximate surface area is 98.4 Å². The standard InChI is InChI=1S/C12H14N2O3/c1-8(11-13-12(15)17-14-11)7-9-3-5-10(16-2)6-4-9/h3-6,8H,7H2,1-2H3,(H,13,14,15). The third-order valence-electron chi connectivity index (χ3n) is 2.62. The average Bonchev–Trinajstić information content (AvgIpc) is 2.77. The van der Waals surface area contributed by atoms with E-state index < -0.39 is 5.76 Å². The van der Waals surface area contributed by atoms with Gasteiger partial charge in [0, 0.05) is 5.92 Å². The molecule has 17 heavy (non-hydrogen) atoms. The fraction of sp³-hybridized carbons (Fsp3) is 0.333. The molecule has 0 aliphatic rings. The van der Waals surface area contributed by atoms with Crippen LogP contribution < -0.4 is 10.5 Å². The first-order valence-corrected chi connectivity index (χ1v) is 5.38. The van der Waals surface area contributed by atoms with Crippen LogP contribution in [0.15, 0.2) is 33.6 Å². The second-order valence-corrected chi connectivity index (χ2v) is 3.93. The van der Waals surface area contributed by atoms with Crippen molar-refractivity contribution in [1.82, 2.24) is 10.1 Å². The number of hydrogen-bond donors (Lipinski definition) is 1. The van der Waals surface area contributed by atoms with Crippen LogP contribution in [0.25, 0.3) is 0 Å². The number of hydrogen-bond acceptors (Lipinski definition) is 4. The summed E-state index contributed by atoms with van der Waals surface area (Å²) < 4.78 is 9.57. The van der Waals surface area contributed by atoms with Crippen molar-refractivity contribution in [1.29, 1.82) is 0 Å². The van der Waals surface area contributed by atoms with Gasteiger partial charge >= 0.3 is 5.76 Å². The molecule has 1 atom stereocenters. The van der Waals surface area contributed by atoms with Crippen LogP contribution in [0.5, 0.6) is 5.75 Å². The summed E-state index contributed by atoms with van der Waals surface area (Å²) >= 11 is 0. The molecule has 5 nitrogen and oxygen atoms in total. The Kier molecular flexibility index (Phi) is 3.27. The molecule has 0 fully saturated rings. The molecular weight excluding hydrogens is 220 g/mol. The largest absolute Gasteiger partial charge is 0.497 e. The highest BCUT2D eigenvalue weighted by atomic mass is 16.5. The molecule has 5 heteroatoms. The minimum atomic E-state index is -0.512. The van der Waals surface area contributed by atoms with Crippen molar-refractivity contribution >= 4 is 0 Å². The lowest BCUT2D eigenvalue weighted by Gasteiger charge is -2.07. The van der Waals surface area contributed by atoms with Crippen LogP contribution in [0.4, 0.5) is 0 Å². The highest BCUT2D eigenvalue weighted by Gasteiger charge is 2.11. The molecule has 0 bridgehead atoms. The van der Waals surface area contributed by atoms with Crippen LogP contribution in [-0.4, -0.2) is 17.3 Å². The second kappa shape index (κ2) is 4.86. The van der Waals surface area contributed by atoms with Crippen molar-refractivity contribution in [3.8, 4) is 5.75 Å². The lowest BCUT2D eigenvalue weighted by molar-refractivity contribution is 0.378. The van der Waals surface area contributed by atoms with Gasteiger partial charge in [0.1, 0.15) is 5.75 Å². The van der Waals surface area contributed by atoms with Gasteiger partial charge in [-0.2, -0.15) is 0 Å². The zero-order valence-corrected chi connectivity index (χ0v) is 9.77. The van der Waals surface area contributed by atoms with Crippen molar-refractivity contribution in [2.75, 3.05) is 7.11 Å². The smallest absolute Gasteiger partial charge is 0.438 e. The van der Waals surface area contributed by atoms with Gasteiger partial charge in [-0.1, -0.05) is 24.2 Å². The Morgan fingerprint density at radius 3 is 2.65 bits per heavy atom. The lowest BCUT2D eigenvalue weighted by atomic mass is 10.0. The van der Waals surface area contributed by atoms with E-state index in [1.54, 1.807) is 7.11 Å². The predicted molar refractivity (Wildman–Crippen MR) is 62.2 cm³/mol. The summed E-state index contributed by atoms with van der Waals surface area (Å²) in [6.45, 7) is 1.98. The number of methoxy groups -OCH3 is 1. The van der Waals surface area contributed by atoms with Gasteiger partial charge in [-0.15, -0.1) is 0 Å². The van der Waals surface area contributed by atoms with E-state index in [0.717, 1.165) is 17.7 Å². The quantitative estimate of drug-likeness (QED) is 0.874. The third-order valence-corrected chi connectivity index (χ3v) is 2.62. The molecule has 0 amide bonds. The molecular formula is C12H14N2O3. The van der Waals surface area contributed by atoms with Crippen LogP contribution in [0.2, 0.25) is 0 Å². The molecule has 2 aromatic rings.